The second kappa shape index (κ2) is 19.8. The molecular weight excluding hydrogens is 485 g/mol. The van der Waals surface area contributed by atoms with E-state index in [0.29, 0.717) is 0 Å². The van der Waals surface area contributed by atoms with Gasteiger partial charge in [0.2, 0.25) is 5.91 Å². The van der Waals surface area contributed by atoms with E-state index in [1.54, 1.807) is 6.92 Å². The Morgan fingerprint density at radius 1 is 1.06 bits per heavy atom. The quantitative estimate of drug-likeness (QED) is 0.437. The minimum Gasteiger partial charge on any atom is -0.497 e. The van der Waals surface area contributed by atoms with Gasteiger partial charge in [0.05, 0.1) is 19.2 Å². The van der Waals surface area contributed by atoms with Gasteiger partial charge in [0.15, 0.2) is 11.6 Å². The number of nitrogens with one attached hydrogen (secondary N) is 1. The summed E-state index contributed by atoms with van der Waals surface area (Å²) in [6.45, 7) is 5.97. The van der Waals surface area contributed by atoms with Gasteiger partial charge in [-0.3, -0.25) is 23.6 Å². The van der Waals surface area contributed by atoms with Crippen LogP contribution >= 0.6 is 0 Å². The lowest BCUT2D eigenvalue weighted by atomic mass is 9.97. The molecule has 12 heteroatoms. The number of benzene rings is 1. The van der Waals surface area contributed by atoms with Crippen molar-refractivity contribution in [2.45, 2.75) is 80.4 Å². The molecule has 0 spiro atoms. The topological polar surface area (TPSA) is 145 Å². The molecule has 210 valence electrons. The fourth-order valence-corrected chi connectivity index (χ4v) is 2.62. The first-order chi connectivity index (χ1) is 13.7. The molecule has 0 saturated carbocycles. The summed E-state index contributed by atoms with van der Waals surface area (Å²) in [4.78, 5) is 33.4. The maximum Gasteiger partial charge on any atom is 0.296 e. The lowest BCUT2D eigenvalue weighted by molar-refractivity contribution is -0.141. The molecule has 10 nitrogen and oxygen atoms in total. The van der Waals surface area contributed by atoms with Gasteiger partial charge in [0.1, 0.15) is 22.4 Å². The Morgan fingerprint density at radius 2 is 1.54 bits per heavy atom. The SMILES string of the molecule is C.C.C.C.COC(C)C(C)=O.COc1ccc(NC(=O)CC(C)(OC)C(C)=O)c(S(=O)(=O)O)c1.F. The van der Waals surface area contributed by atoms with E-state index < -0.39 is 26.5 Å². The van der Waals surface area contributed by atoms with Crippen molar-refractivity contribution in [3.8, 4) is 5.75 Å². The third kappa shape index (κ3) is 15.2. The van der Waals surface area contributed by atoms with E-state index in [2.05, 4.69) is 10.1 Å². The largest absolute Gasteiger partial charge is 0.497 e. The highest BCUT2D eigenvalue weighted by Crippen LogP contribution is 2.27. The molecule has 1 aromatic rings. The minimum atomic E-state index is -4.57. The average molecular weight is 532 g/mol. The third-order valence-corrected chi connectivity index (χ3v) is 5.25. The zero-order valence-electron chi connectivity index (χ0n) is 18.5. The maximum absolute atomic E-state index is 12.1. The Hall–Kier alpha value is -2.41. The number of halogens is 1. The Balaban J connectivity index is -0.000000154. The number of carbonyl (C=O) groups excluding carboxylic acids is 3. The lowest BCUT2D eigenvalue weighted by Crippen LogP contribution is -2.39. The zero-order chi connectivity index (χ0) is 23.7. The molecule has 1 rings (SSSR count). The first-order valence-corrected chi connectivity index (χ1v) is 10.2. The second-order valence-corrected chi connectivity index (χ2v) is 7.93. The van der Waals surface area contributed by atoms with Crippen molar-refractivity contribution in [2.24, 2.45) is 0 Å². The fraction of sp³-hybridized carbons (Fsp3) is 0.609. The smallest absolute Gasteiger partial charge is 0.296 e. The van der Waals surface area contributed by atoms with Crippen LogP contribution in [0.3, 0.4) is 0 Å². The number of hydrogen-bond donors (Lipinski definition) is 2. The highest BCUT2D eigenvalue weighted by molar-refractivity contribution is 7.86. The van der Waals surface area contributed by atoms with Gasteiger partial charge in [-0.15, -0.1) is 0 Å². The van der Waals surface area contributed by atoms with E-state index in [-0.39, 0.29) is 69.9 Å². The van der Waals surface area contributed by atoms with Crippen LogP contribution in [-0.4, -0.2) is 63.5 Å². The van der Waals surface area contributed by atoms with E-state index in [1.165, 1.54) is 54.2 Å². The highest BCUT2D eigenvalue weighted by atomic mass is 32.2. The fourth-order valence-electron chi connectivity index (χ4n) is 1.95. The Labute approximate surface area is 210 Å². The second-order valence-electron chi connectivity index (χ2n) is 6.54. The summed E-state index contributed by atoms with van der Waals surface area (Å²) in [6, 6.07) is 3.77. The summed E-state index contributed by atoms with van der Waals surface area (Å²) in [5.41, 5.74) is -1.45. The first kappa shape index (κ1) is 46.0. The molecular formula is C23H46FNO9S. The zero-order valence-corrected chi connectivity index (χ0v) is 19.4. The molecule has 0 heterocycles. The molecule has 0 fully saturated rings. The Morgan fingerprint density at radius 3 is 1.83 bits per heavy atom. The van der Waals surface area contributed by atoms with Crippen LogP contribution in [0.25, 0.3) is 0 Å². The lowest BCUT2D eigenvalue weighted by Gasteiger charge is -2.24. The Kier molecular flexibility index (Phi) is 26.1. The number of rotatable bonds is 9. The average Bonchev–Trinajstić information content (AvgIpc) is 2.66. The highest BCUT2D eigenvalue weighted by Gasteiger charge is 2.33. The van der Waals surface area contributed by atoms with Crippen molar-refractivity contribution >= 4 is 33.3 Å². The van der Waals surface area contributed by atoms with Crippen LogP contribution in [0.2, 0.25) is 0 Å². The first-order valence-electron chi connectivity index (χ1n) is 8.76. The van der Waals surface area contributed by atoms with Gasteiger partial charge in [0, 0.05) is 20.3 Å². The predicted molar refractivity (Wildman–Crippen MR) is 139 cm³/mol. The molecule has 2 N–H and O–H groups in total. The predicted octanol–water partition coefficient (Wildman–Crippen LogP) is 4.57. The van der Waals surface area contributed by atoms with Crippen LogP contribution in [0.1, 0.15) is 63.8 Å². The number of Topliss-reactive ketones (excluding diaryl/α,β-unsaturated/α-hetero) is 2. The van der Waals surface area contributed by atoms with Gasteiger partial charge < -0.3 is 19.5 Å². The van der Waals surface area contributed by atoms with E-state index in [9.17, 15) is 27.4 Å². The van der Waals surface area contributed by atoms with Gasteiger partial charge in [-0.05, 0) is 39.8 Å². The van der Waals surface area contributed by atoms with Gasteiger partial charge in [0.25, 0.3) is 10.1 Å². The number of anilines is 1. The standard InChI is InChI=1S/C14H19NO7S.C5H10O2.4CH4.FH/c1-9(16)14(2,22-4)8-13(17)15-11-6-5-10(21-3)7-12(11)23(18,19)20;1-4(6)5(2)7-3;;;;;/h5-7H,8H2,1-4H3,(H,15,17)(H,18,19,20);5H,1-3H3;4*1H4;1H. The molecule has 1 aromatic carbocycles. The molecule has 0 aliphatic heterocycles. The summed E-state index contributed by atoms with van der Waals surface area (Å²) in [6.07, 6.45) is -0.546. The monoisotopic (exact) mass is 531 g/mol. The molecule has 2 unspecified atom stereocenters. The normalized spacial score (nSPS) is 11.9. The van der Waals surface area contributed by atoms with Crippen molar-refractivity contribution in [2.75, 3.05) is 26.6 Å². The van der Waals surface area contributed by atoms with Gasteiger partial charge >= 0.3 is 0 Å². The Bertz CT molecular complexity index is 876. The van der Waals surface area contributed by atoms with Gasteiger partial charge in [-0.25, -0.2) is 0 Å². The molecule has 0 aliphatic rings. The van der Waals surface area contributed by atoms with Crippen molar-refractivity contribution in [1.29, 1.82) is 0 Å². The van der Waals surface area contributed by atoms with Crippen LogP contribution in [0, 0.1) is 0 Å². The van der Waals surface area contributed by atoms with Gasteiger partial charge in [-0.1, -0.05) is 29.7 Å². The third-order valence-electron chi connectivity index (χ3n) is 4.36. The van der Waals surface area contributed by atoms with Crippen molar-refractivity contribution < 1.29 is 46.3 Å². The summed E-state index contributed by atoms with van der Waals surface area (Å²) in [5.74, 6) is -0.719. The number of ketones is 2. The maximum atomic E-state index is 12.1. The summed E-state index contributed by atoms with van der Waals surface area (Å²) in [7, 11) is -0.421. The number of ether oxygens (including phenoxy) is 3. The van der Waals surface area contributed by atoms with Gasteiger partial charge in [-0.2, -0.15) is 8.42 Å². The van der Waals surface area contributed by atoms with E-state index in [4.69, 9.17) is 9.47 Å². The van der Waals surface area contributed by atoms with Crippen molar-refractivity contribution in [3.05, 3.63) is 18.2 Å². The molecule has 0 saturated heterocycles. The minimum absolute atomic E-state index is 0. The molecule has 1 amide bonds. The number of hydrogen-bond acceptors (Lipinski definition) is 8. The molecule has 0 aliphatic carbocycles. The van der Waals surface area contributed by atoms with Crippen LogP contribution in [0.5, 0.6) is 5.75 Å². The number of methoxy groups -OCH3 is 3. The molecule has 0 radical (unpaired) electrons. The summed E-state index contributed by atoms with van der Waals surface area (Å²) < 4.78 is 46.7. The number of carbonyl (C=O) groups is 3. The van der Waals surface area contributed by atoms with Crippen LogP contribution < -0.4 is 10.1 Å². The van der Waals surface area contributed by atoms with Crippen molar-refractivity contribution in [1.82, 2.24) is 0 Å². The summed E-state index contributed by atoms with van der Waals surface area (Å²) >= 11 is 0. The van der Waals surface area contributed by atoms with E-state index in [1.807, 2.05) is 0 Å². The molecule has 2 atom stereocenters. The van der Waals surface area contributed by atoms with E-state index in [0.717, 1.165) is 6.07 Å². The van der Waals surface area contributed by atoms with E-state index >= 15 is 0 Å². The number of amides is 1. The molecule has 0 bridgehead atoms. The van der Waals surface area contributed by atoms with Crippen LogP contribution in [0.4, 0.5) is 10.4 Å². The van der Waals surface area contributed by atoms with Crippen molar-refractivity contribution in [3.63, 3.8) is 0 Å². The molecule has 0 aromatic heterocycles. The summed E-state index contributed by atoms with van der Waals surface area (Å²) in [5, 5.41) is 2.35. The van der Waals surface area contributed by atoms with Crippen LogP contribution in [0.15, 0.2) is 23.1 Å². The van der Waals surface area contributed by atoms with Crippen LogP contribution in [-0.2, 0) is 34.0 Å². The molecule has 35 heavy (non-hydrogen) atoms.